The minimum absolute atomic E-state index is 0.184. The van der Waals surface area contributed by atoms with Crippen LogP contribution < -0.4 is 11.1 Å². The molecule has 0 aromatic carbocycles. The van der Waals surface area contributed by atoms with Crippen LogP contribution in [0.15, 0.2) is 17.5 Å². The number of carbonyl (C=O) groups is 3. The highest BCUT2D eigenvalue weighted by molar-refractivity contribution is 7.09. The molecule has 1 aromatic heterocycles. The third kappa shape index (κ3) is 4.96. The number of carbonyl (C=O) groups excluding carboxylic acids is 2. The lowest BCUT2D eigenvalue weighted by Gasteiger charge is -2.12. The average molecular weight is 270 g/mol. The first-order valence-corrected chi connectivity index (χ1v) is 6.20. The van der Waals surface area contributed by atoms with E-state index in [-0.39, 0.29) is 6.42 Å². The molecule has 0 aliphatic heterocycles. The van der Waals surface area contributed by atoms with E-state index < -0.39 is 30.2 Å². The number of nitrogens with two attached hydrogens (primary N) is 1. The van der Waals surface area contributed by atoms with Gasteiger partial charge in [0.15, 0.2) is 0 Å². The molecule has 0 saturated carbocycles. The Morgan fingerprint density at radius 2 is 2.17 bits per heavy atom. The van der Waals surface area contributed by atoms with Crippen LogP contribution in [0.4, 0.5) is 0 Å². The van der Waals surface area contributed by atoms with E-state index in [9.17, 15) is 14.4 Å². The molecule has 1 heterocycles. The molecule has 0 unspecified atom stereocenters. The molecule has 0 spiro atoms. The van der Waals surface area contributed by atoms with Crippen molar-refractivity contribution < 1.29 is 19.5 Å². The van der Waals surface area contributed by atoms with Gasteiger partial charge in [-0.15, -0.1) is 11.3 Å². The van der Waals surface area contributed by atoms with E-state index in [4.69, 9.17) is 10.8 Å². The molecular weight excluding hydrogens is 256 g/mol. The van der Waals surface area contributed by atoms with Gasteiger partial charge < -0.3 is 16.2 Å². The molecular formula is C11H14N2O4S. The summed E-state index contributed by atoms with van der Waals surface area (Å²) in [6.07, 6.45) is 0.329. The van der Waals surface area contributed by atoms with Gasteiger partial charge in [0.1, 0.15) is 6.04 Å². The normalized spacial score (nSPS) is 11.8. The molecule has 0 aliphatic rings. The number of carboxylic acid groups (broad SMARTS) is 1. The summed E-state index contributed by atoms with van der Waals surface area (Å²) < 4.78 is 0. The minimum Gasteiger partial charge on any atom is -0.480 e. The first-order valence-electron chi connectivity index (χ1n) is 5.32. The van der Waals surface area contributed by atoms with Crippen molar-refractivity contribution in [3.8, 4) is 0 Å². The maximum Gasteiger partial charge on any atom is 0.326 e. The third-order valence-corrected chi connectivity index (χ3v) is 3.15. The molecule has 0 fully saturated rings. The Labute approximate surface area is 108 Å². The van der Waals surface area contributed by atoms with Gasteiger partial charge in [-0.3, -0.25) is 9.59 Å². The zero-order chi connectivity index (χ0) is 13.5. The molecule has 18 heavy (non-hydrogen) atoms. The summed E-state index contributed by atoms with van der Waals surface area (Å²) in [5.74, 6) is -2.43. The first kappa shape index (κ1) is 14.2. The molecule has 2 amide bonds. The number of hydrogen-bond acceptors (Lipinski definition) is 4. The number of hydrogen-bond donors (Lipinski definition) is 3. The van der Waals surface area contributed by atoms with Crippen LogP contribution in [-0.4, -0.2) is 28.9 Å². The highest BCUT2D eigenvalue weighted by atomic mass is 32.1. The molecule has 4 N–H and O–H groups in total. The Balaban J connectivity index is 2.41. The molecule has 0 saturated heterocycles. The number of aliphatic carboxylic acids is 1. The third-order valence-electron chi connectivity index (χ3n) is 2.22. The number of aryl methyl sites for hydroxylation is 1. The van der Waals surface area contributed by atoms with Gasteiger partial charge >= 0.3 is 5.97 Å². The zero-order valence-corrected chi connectivity index (χ0v) is 10.4. The van der Waals surface area contributed by atoms with E-state index in [0.717, 1.165) is 4.88 Å². The van der Waals surface area contributed by atoms with Gasteiger partial charge in [-0.1, -0.05) is 6.07 Å². The van der Waals surface area contributed by atoms with Crippen molar-refractivity contribution in [2.24, 2.45) is 5.73 Å². The van der Waals surface area contributed by atoms with Crippen LogP contribution in [0.5, 0.6) is 0 Å². The molecule has 0 radical (unpaired) electrons. The van der Waals surface area contributed by atoms with Crippen molar-refractivity contribution in [3.05, 3.63) is 22.4 Å². The van der Waals surface area contributed by atoms with Crippen molar-refractivity contribution in [2.75, 3.05) is 0 Å². The van der Waals surface area contributed by atoms with Crippen LogP contribution in [0.3, 0.4) is 0 Å². The summed E-state index contributed by atoms with van der Waals surface area (Å²) in [7, 11) is 0. The monoisotopic (exact) mass is 270 g/mol. The topological polar surface area (TPSA) is 109 Å². The second kappa shape index (κ2) is 6.75. The van der Waals surface area contributed by atoms with Crippen LogP contribution in [0.2, 0.25) is 0 Å². The van der Waals surface area contributed by atoms with Crippen LogP contribution in [-0.2, 0) is 20.8 Å². The average Bonchev–Trinajstić information content (AvgIpc) is 2.77. The van der Waals surface area contributed by atoms with Gasteiger partial charge in [0, 0.05) is 11.3 Å². The molecule has 98 valence electrons. The second-order valence-electron chi connectivity index (χ2n) is 3.71. The Hall–Kier alpha value is -1.89. The van der Waals surface area contributed by atoms with Crippen molar-refractivity contribution >= 4 is 29.1 Å². The van der Waals surface area contributed by atoms with E-state index >= 15 is 0 Å². The van der Waals surface area contributed by atoms with Crippen LogP contribution in [0.25, 0.3) is 0 Å². The number of rotatable bonds is 7. The highest BCUT2D eigenvalue weighted by Crippen LogP contribution is 2.10. The molecule has 0 aliphatic carbocycles. The Morgan fingerprint density at radius 1 is 1.44 bits per heavy atom. The number of carboxylic acids is 1. The van der Waals surface area contributed by atoms with Gasteiger partial charge in [0.05, 0.1) is 6.42 Å². The highest BCUT2D eigenvalue weighted by Gasteiger charge is 2.21. The fourth-order valence-corrected chi connectivity index (χ4v) is 2.07. The summed E-state index contributed by atoms with van der Waals surface area (Å²) in [6, 6.07) is 2.53. The lowest BCUT2D eigenvalue weighted by molar-refractivity contribution is -0.143. The molecule has 1 atom stereocenters. The van der Waals surface area contributed by atoms with E-state index in [1.54, 1.807) is 0 Å². The quantitative estimate of drug-likeness (QED) is 0.654. The van der Waals surface area contributed by atoms with Crippen molar-refractivity contribution in [3.63, 3.8) is 0 Å². The number of amides is 2. The van der Waals surface area contributed by atoms with Gasteiger partial charge in [-0.2, -0.15) is 0 Å². The van der Waals surface area contributed by atoms with E-state index in [0.29, 0.717) is 6.42 Å². The maximum absolute atomic E-state index is 11.5. The lowest BCUT2D eigenvalue weighted by Crippen LogP contribution is -2.43. The summed E-state index contributed by atoms with van der Waals surface area (Å²) in [4.78, 5) is 34.0. The van der Waals surface area contributed by atoms with E-state index in [1.165, 1.54) is 11.3 Å². The van der Waals surface area contributed by atoms with Crippen molar-refractivity contribution in [1.82, 2.24) is 5.32 Å². The molecule has 1 aromatic rings. The smallest absolute Gasteiger partial charge is 0.326 e. The van der Waals surface area contributed by atoms with Crippen molar-refractivity contribution in [2.45, 2.75) is 25.3 Å². The van der Waals surface area contributed by atoms with E-state index in [1.807, 2.05) is 17.5 Å². The molecule has 0 bridgehead atoms. The zero-order valence-electron chi connectivity index (χ0n) is 9.59. The second-order valence-corrected chi connectivity index (χ2v) is 4.74. The lowest BCUT2D eigenvalue weighted by atomic mass is 10.2. The molecule has 6 nitrogen and oxygen atoms in total. The maximum atomic E-state index is 11.5. The first-order chi connectivity index (χ1) is 8.49. The van der Waals surface area contributed by atoms with Crippen molar-refractivity contribution in [1.29, 1.82) is 0 Å². The summed E-state index contributed by atoms with van der Waals surface area (Å²) in [6.45, 7) is 0. The van der Waals surface area contributed by atoms with E-state index in [2.05, 4.69) is 5.32 Å². The molecule has 7 heteroatoms. The fourth-order valence-electron chi connectivity index (χ4n) is 1.36. The van der Waals surface area contributed by atoms with Gasteiger partial charge in [0.25, 0.3) is 0 Å². The van der Waals surface area contributed by atoms with Gasteiger partial charge in [0.2, 0.25) is 11.8 Å². The Morgan fingerprint density at radius 3 is 2.67 bits per heavy atom. The standard InChI is InChI=1S/C11H14N2O4S/c12-9(14)6-8(11(16)17)13-10(15)4-3-7-2-1-5-18-7/h1-2,5,8H,3-4,6H2,(H2,12,14)(H,13,15)(H,16,17)/t8-/m1/s1. The largest absolute Gasteiger partial charge is 0.480 e. The Kier molecular flexibility index (Phi) is 5.31. The number of nitrogens with one attached hydrogen (secondary N) is 1. The predicted octanol–water partition coefficient (Wildman–Crippen LogP) is 0.125. The number of primary amides is 1. The summed E-state index contributed by atoms with van der Waals surface area (Å²) >= 11 is 1.53. The van der Waals surface area contributed by atoms with Gasteiger partial charge in [-0.05, 0) is 17.9 Å². The summed E-state index contributed by atoms with van der Waals surface area (Å²) in [5.41, 5.74) is 4.91. The minimum atomic E-state index is -1.27. The Bertz CT molecular complexity index is 430. The summed E-state index contributed by atoms with van der Waals surface area (Å²) in [5, 5.41) is 13.0. The van der Waals surface area contributed by atoms with Gasteiger partial charge in [-0.25, -0.2) is 4.79 Å². The predicted molar refractivity (Wildman–Crippen MR) is 66.0 cm³/mol. The SMILES string of the molecule is NC(=O)C[C@@H](NC(=O)CCc1cccs1)C(=O)O. The van der Waals surface area contributed by atoms with Crippen LogP contribution in [0.1, 0.15) is 17.7 Å². The van der Waals surface area contributed by atoms with Crippen LogP contribution >= 0.6 is 11.3 Å². The molecule has 1 rings (SSSR count). The number of thiophene rings is 1. The fraction of sp³-hybridized carbons (Fsp3) is 0.364. The van der Waals surface area contributed by atoms with Crippen LogP contribution in [0, 0.1) is 0 Å².